The highest BCUT2D eigenvalue weighted by atomic mass is 79.9. The number of halogens is 3. The van der Waals surface area contributed by atoms with Gasteiger partial charge in [0.1, 0.15) is 12.0 Å². The number of hydrogen-bond donors (Lipinski definition) is 0. The number of carbonyl (C=O) groups excluding carboxylic acids is 1. The lowest BCUT2D eigenvalue weighted by molar-refractivity contribution is -0.117. The normalized spacial score (nSPS) is 20.6. The number of rotatable bonds is 2. The molecule has 0 aromatic carbocycles. The molecule has 4 nitrogen and oxygen atoms in total. The minimum atomic E-state index is 0.00282. The second kappa shape index (κ2) is 4.85. The molecule has 0 saturated carbocycles. The van der Waals surface area contributed by atoms with Crippen LogP contribution in [-0.4, -0.2) is 27.7 Å². The van der Waals surface area contributed by atoms with Crippen molar-refractivity contribution in [3.8, 4) is 0 Å². The first kappa shape index (κ1) is 12.1. The molecule has 0 bridgehead atoms. The summed E-state index contributed by atoms with van der Waals surface area (Å²) in [6, 6.07) is 0. The van der Waals surface area contributed by atoms with Crippen LogP contribution >= 0.6 is 39.1 Å². The molecule has 1 fully saturated rings. The number of hydrogen-bond acceptors (Lipinski definition) is 3. The molecule has 1 amide bonds. The van der Waals surface area contributed by atoms with E-state index in [9.17, 15) is 4.79 Å². The molecular formula is C9H8BrCl2N3O. The van der Waals surface area contributed by atoms with Crippen LogP contribution in [0.25, 0.3) is 0 Å². The van der Waals surface area contributed by atoms with Crippen molar-refractivity contribution in [2.75, 3.05) is 16.8 Å². The Morgan fingerprint density at radius 1 is 1.44 bits per heavy atom. The third-order valence-corrected chi connectivity index (χ3v) is 3.90. The highest BCUT2D eigenvalue weighted by Gasteiger charge is 2.32. The number of anilines is 1. The number of nitrogens with zero attached hydrogens (tertiary/aromatic N) is 3. The minimum absolute atomic E-state index is 0.00282. The predicted octanol–water partition coefficient (Wildman–Crippen LogP) is 2.53. The fraction of sp³-hybridized carbons (Fsp3) is 0.444. The number of amides is 1. The monoisotopic (exact) mass is 323 g/mol. The molecule has 1 aromatic heterocycles. The van der Waals surface area contributed by atoms with Crippen LogP contribution in [0.2, 0.25) is 10.3 Å². The average molecular weight is 325 g/mol. The van der Waals surface area contributed by atoms with Gasteiger partial charge in [0.2, 0.25) is 5.91 Å². The van der Waals surface area contributed by atoms with E-state index in [2.05, 4.69) is 25.9 Å². The van der Waals surface area contributed by atoms with Gasteiger partial charge in [-0.3, -0.25) is 4.79 Å². The SMILES string of the molecule is O=C1CC(CBr)CN1c1c(Cl)ncnc1Cl. The van der Waals surface area contributed by atoms with Crippen molar-refractivity contribution in [3.63, 3.8) is 0 Å². The van der Waals surface area contributed by atoms with E-state index < -0.39 is 0 Å². The zero-order chi connectivity index (χ0) is 11.7. The quantitative estimate of drug-likeness (QED) is 0.620. The summed E-state index contributed by atoms with van der Waals surface area (Å²) in [7, 11) is 0. The van der Waals surface area contributed by atoms with E-state index >= 15 is 0 Å². The number of carbonyl (C=O) groups is 1. The van der Waals surface area contributed by atoms with Gasteiger partial charge in [0.05, 0.1) is 0 Å². The summed E-state index contributed by atoms with van der Waals surface area (Å²) < 4.78 is 0. The van der Waals surface area contributed by atoms with Crippen molar-refractivity contribution in [3.05, 3.63) is 16.6 Å². The third kappa shape index (κ3) is 2.17. The average Bonchev–Trinajstić information content (AvgIpc) is 2.60. The van der Waals surface area contributed by atoms with E-state index in [4.69, 9.17) is 23.2 Å². The van der Waals surface area contributed by atoms with Gasteiger partial charge in [-0.2, -0.15) is 0 Å². The van der Waals surface area contributed by atoms with Crippen molar-refractivity contribution in [1.82, 2.24) is 9.97 Å². The number of alkyl halides is 1. The molecule has 1 unspecified atom stereocenters. The Morgan fingerprint density at radius 2 is 2.06 bits per heavy atom. The van der Waals surface area contributed by atoms with Crippen molar-refractivity contribution < 1.29 is 4.79 Å². The first-order chi connectivity index (χ1) is 7.63. The Labute approximate surface area is 111 Å². The molecule has 0 spiro atoms. The summed E-state index contributed by atoms with van der Waals surface area (Å²) in [6.07, 6.45) is 1.77. The van der Waals surface area contributed by atoms with E-state index in [1.54, 1.807) is 4.90 Å². The van der Waals surface area contributed by atoms with Gasteiger partial charge < -0.3 is 4.90 Å². The Hall–Kier alpha value is -0.390. The lowest BCUT2D eigenvalue weighted by Gasteiger charge is -2.17. The van der Waals surface area contributed by atoms with Gasteiger partial charge in [-0.1, -0.05) is 39.1 Å². The molecule has 1 atom stereocenters. The lowest BCUT2D eigenvalue weighted by Crippen LogP contribution is -2.25. The molecule has 16 heavy (non-hydrogen) atoms. The maximum absolute atomic E-state index is 11.8. The standard InChI is InChI=1S/C9H8BrCl2N3O/c10-2-5-1-6(16)15(3-5)7-8(11)13-4-14-9(7)12/h4-5H,1-3H2. The van der Waals surface area contributed by atoms with Gasteiger partial charge in [0.15, 0.2) is 10.3 Å². The molecule has 86 valence electrons. The summed E-state index contributed by atoms with van der Waals surface area (Å²) in [5, 5.41) is 1.20. The van der Waals surface area contributed by atoms with E-state index in [-0.39, 0.29) is 22.1 Å². The fourth-order valence-electron chi connectivity index (χ4n) is 1.66. The van der Waals surface area contributed by atoms with Gasteiger partial charge in [0, 0.05) is 18.3 Å². The Morgan fingerprint density at radius 3 is 2.56 bits per heavy atom. The van der Waals surface area contributed by atoms with Crippen LogP contribution < -0.4 is 4.90 Å². The van der Waals surface area contributed by atoms with E-state index in [1.807, 2.05) is 0 Å². The van der Waals surface area contributed by atoms with Crippen LogP contribution in [0.1, 0.15) is 6.42 Å². The summed E-state index contributed by atoms with van der Waals surface area (Å²) in [4.78, 5) is 21.0. The maximum atomic E-state index is 11.8. The number of aromatic nitrogens is 2. The van der Waals surface area contributed by atoms with Crippen molar-refractivity contribution in [2.45, 2.75) is 6.42 Å². The Bertz CT molecular complexity index is 409. The molecule has 2 rings (SSSR count). The van der Waals surface area contributed by atoms with Crippen molar-refractivity contribution >= 4 is 50.7 Å². The second-order valence-electron chi connectivity index (χ2n) is 3.53. The zero-order valence-electron chi connectivity index (χ0n) is 8.16. The summed E-state index contributed by atoms with van der Waals surface area (Å²) in [5.74, 6) is 0.280. The van der Waals surface area contributed by atoms with Crippen LogP contribution in [0.15, 0.2) is 6.33 Å². The van der Waals surface area contributed by atoms with E-state index in [1.165, 1.54) is 6.33 Å². The zero-order valence-corrected chi connectivity index (χ0v) is 11.3. The van der Waals surface area contributed by atoms with Gasteiger partial charge in [0.25, 0.3) is 0 Å². The topological polar surface area (TPSA) is 46.1 Å². The first-order valence-electron chi connectivity index (χ1n) is 4.65. The Kier molecular flexibility index (Phi) is 3.66. The molecule has 1 aromatic rings. The summed E-state index contributed by atoms with van der Waals surface area (Å²) >= 11 is 15.2. The largest absolute Gasteiger partial charge is 0.307 e. The van der Waals surface area contributed by atoms with E-state index in [0.29, 0.717) is 18.7 Å². The highest BCUT2D eigenvalue weighted by molar-refractivity contribution is 9.09. The van der Waals surface area contributed by atoms with Crippen molar-refractivity contribution in [2.24, 2.45) is 5.92 Å². The molecule has 7 heteroatoms. The van der Waals surface area contributed by atoms with E-state index in [0.717, 1.165) is 5.33 Å². The molecule has 2 heterocycles. The van der Waals surface area contributed by atoms with Gasteiger partial charge in [-0.05, 0) is 5.92 Å². The highest BCUT2D eigenvalue weighted by Crippen LogP contribution is 2.34. The molecule has 0 N–H and O–H groups in total. The van der Waals surface area contributed by atoms with Crippen LogP contribution in [0.5, 0.6) is 0 Å². The third-order valence-electron chi connectivity index (χ3n) is 2.43. The molecule has 0 aliphatic carbocycles. The smallest absolute Gasteiger partial charge is 0.227 e. The van der Waals surface area contributed by atoms with Crippen molar-refractivity contribution in [1.29, 1.82) is 0 Å². The first-order valence-corrected chi connectivity index (χ1v) is 6.53. The molecule has 0 radical (unpaired) electrons. The molecular weight excluding hydrogens is 317 g/mol. The molecule has 1 aliphatic rings. The molecule has 1 aliphatic heterocycles. The summed E-state index contributed by atoms with van der Waals surface area (Å²) in [6.45, 7) is 0.594. The second-order valence-corrected chi connectivity index (χ2v) is 4.90. The fourth-order valence-corrected chi connectivity index (χ4v) is 2.61. The Balaban J connectivity index is 2.35. The van der Waals surface area contributed by atoms with Gasteiger partial charge in [-0.25, -0.2) is 9.97 Å². The van der Waals surface area contributed by atoms with Crippen LogP contribution in [0.4, 0.5) is 5.69 Å². The van der Waals surface area contributed by atoms with Crippen LogP contribution in [0, 0.1) is 5.92 Å². The summed E-state index contributed by atoms with van der Waals surface area (Å²) in [5.41, 5.74) is 0.416. The van der Waals surface area contributed by atoms with Crippen LogP contribution in [-0.2, 0) is 4.79 Å². The van der Waals surface area contributed by atoms with Crippen LogP contribution in [0.3, 0.4) is 0 Å². The predicted molar refractivity (Wildman–Crippen MR) is 66.3 cm³/mol. The maximum Gasteiger partial charge on any atom is 0.227 e. The van der Waals surface area contributed by atoms with Gasteiger partial charge >= 0.3 is 0 Å². The molecule has 1 saturated heterocycles. The van der Waals surface area contributed by atoms with Gasteiger partial charge in [-0.15, -0.1) is 0 Å². The lowest BCUT2D eigenvalue weighted by atomic mass is 10.2. The minimum Gasteiger partial charge on any atom is -0.307 e.